The Balaban J connectivity index is 1.75. The van der Waals surface area contributed by atoms with Gasteiger partial charge in [-0.3, -0.25) is 14.6 Å². The molecule has 0 bridgehead atoms. The van der Waals surface area contributed by atoms with E-state index in [0.717, 1.165) is 21.8 Å². The van der Waals surface area contributed by atoms with E-state index in [4.69, 9.17) is 4.74 Å². The zero-order chi connectivity index (χ0) is 23.5. The molecule has 1 N–H and O–H groups in total. The minimum Gasteiger partial charge on any atom is -0.507 e. The van der Waals surface area contributed by atoms with E-state index in [-0.39, 0.29) is 17.9 Å². The van der Waals surface area contributed by atoms with Gasteiger partial charge in [0.1, 0.15) is 11.5 Å². The summed E-state index contributed by atoms with van der Waals surface area (Å²) in [5.74, 6) is -0.384. The fraction of sp³-hybridized carbons (Fsp3) is 0.269. The fourth-order valence-electron chi connectivity index (χ4n) is 3.84. The van der Waals surface area contributed by atoms with Crippen molar-refractivity contribution in [3.8, 4) is 5.75 Å². The molecular weight excluding hydrogens is 436 g/mol. The first kappa shape index (κ1) is 22.7. The minimum absolute atomic E-state index is 0.0987. The van der Waals surface area contributed by atoms with Gasteiger partial charge in [-0.15, -0.1) is 11.3 Å². The number of hydrogen-bond donors (Lipinski definition) is 1. The van der Waals surface area contributed by atoms with Gasteiger partial charge in [0.25, 0.3) is 11.7 Å². The Kier molecular flexibility index (Phi) is 6.60. The lowest BCUT2D eigenvalue weighted by molar-refractivity contribution is -0.140. The Labute approximate surface area is 197 Å². The second-order valence-corrected chi connectivity index (χ2v) is 9.47. The minimum atomic E-state index is -0.687. The summed E-state index contributed by atoms with van der Waals surface area (Å²) in [6.07, 6.45) is 3.33. The van der Waals surface area contributed by atoms with Crippen molar-refractivity contribution in [3.05, 3.63) is 87.4 Å². The number of carbonyl (C=O) groups is 2. The number of Topliss-reactive ketones (excluding diaryl/α,β-unsaturated/α-hetero) is 1. The number of aromatic nitrogens is 1. The molecule has 1 aliphatic heterocycles. The largest absolute Gasteiger partial charge is 0.507 e. The summed E-state index contributed by atoms with van der Waals surface area (Å²) in [6.45, 7) is 6.85. The molecule has 7 heteroatoms. The molecule has 0 unspecified atom stereocenters. The molecule has 0 spiro atoms. The monoisotopic (exact) mass is 462 g/mol. The highest BCUT2D eigenvalue weighted by Gasteiger charge is 2.46. The summed E-state index contributed by atoms with van der Waals surface area (Å²) >= 11 is 1.44. The number of aliphatic hydroxyl groups is 1. The predicted molar refractivity (Wildman–Crippen MR) is 128 cm³/mol. The highest BCUT2D eigenvalue weighted by atomic mass is 32.1. The van der Waals surface area contributed by atoms with Crippen molar-refractivity contribution in [2.45, 2.75) is 33.4 Å². The lowest BCUT2D eigenvalue weighted by Gasteiger charge is -2.24. The van der Waals surface area contributed by atoms with Crippen LogP contribution in [0.3, 0.4) is 0 Å². The first-order valence-electron chi connectivity index (χ1n) is 10.8. The van der Waals surface area contributed by atoms with Crippen LogP contribution in [0.1, 0.15) is 41.5 Å². The summed E-state index contributed by atoms with van der Waals surface area (Å²) < 4.78 is 5.83. The summed E-state index contributed by atoms with van der Waals surface area (Å²) in [7, 11) is 0. The van der Waals surface area contributed by atoms with E-state index in [9.17, 15) is 14.7 Å². The molecule has 0 radical (unpaired) electrons. The summed E-state index contributed by atoms with van der Waals surface area (Å²) in [5.41, 5.74) is 2.23. The van der Waals surface area contributed by atoms with Crippen LogP contribution in [0.4, 0.5) is 0 Å². The van der Waals surface area contributed by atoms with Crippen molar-refractivity contribution in [3.63, 3.8) is 0 Å². The molecule has 2 aromatic heterocycles. The van der Waals surface area contributed by atoms with Crippen molar-refractivity contribution >= 4 is 28.8 Å². The average Bonchev–Trinajstić information content (AvgIpc) is 3.41. The second-order valence-electron chi connectivity index (χ2n) is 8.49. The number of aliphatic hydroxyl groups excluding tert-OH is 1. The van der Waals surface area contributed by atoms with E-state index >= 15 is 0 Å². The molecule has 6 nitrogen and oxygen atoms in total. The SMILES string of the molecule is Cc1cc(/C(O)=C2\C(=O)C(=O)N(Cc3cccnc3)[C@@H]2c2cccs2)ccc1OCC(C)C. The van der Waals surface area contributed by atoms with Crippen molar-refractivity contribution in [1.82, 2.24) is 9.88 Å². The van der Waals surface area contributed by atoms with Gasteiger partial charge in [0.2, 0.25) is 0 Å². The third-order valence-electron chi connectivity index (χ3n) is 5.45. The van der Waals surface area contributed by atoms with E-state index < -0.39 is 17.7 Å². The van der Waals surface area contributed by atoms with Gasteiger partial charge in [0, 0.05) is 29.4 Å². The molecule has 170 valence electrons. The highest BCUT2D eigenvalue weighted by Crippen LogP contribution is 2.42. The van der Waals surface area contributed by atoms with Crippen LogP contribution < -0.4 is 4.74 Å². The number of ketones is 1. The van der Waals surface area contributed by atoms with Crippen LogP contribution in [-0.4, -0.2) is 33.3 Å². The smallest absolute Gasteiger partial charge is 0.295 e. The van der Waals surface area contributed by atoms with E-state index in [1.807, 2.05) is 30.5 Å². The Hall–Kier alpha value is -3.45. The number of benzene rings is 1. The summed E-state index contributed by atoms with van der Waals surface area (Å²) in [5, 5.41) is 13.1. The molecule has 3 heterocycles. The Morgan fingerprint density at radius 3 is 2.67 bits per heavy atom. The molecule has 0 saturated carbocycles. The molecule has 1 atom stereocenters. The highest BCUT2D eigenvalue weighted by molar-refractivity contribution is 7.10. The maximum Gasteiger partial charge on any atom is 0.295 e. The quantitative estimate of drug-likeness (QED) is 0.300. The van der Waals surface area contributed by atoms with Gasteiger partial charge >= 0.3 is 0 Å². The van der Waals surface area contributed by atoms with Crippen molar-refractivity contribution < 1.29 is 19.4 Å². The summed E-state index contributed by atoms with van der Waals surface area (Å²) in [4.78, 5) is 32.6. The van der Waals surface area contributed by atoms with Gasteiger partial charge in [-0.1, -0.05) is 26.0 Å². The zero-order valence-electron chi connectivity index (χ0n) is 18.8. The second kappa shape index (κ2) is 9.58. The topological polar surface area (TPSA) is 79.7 Å². The van der Waals surface area contributed by atoms with Gasteiger partial charge in [0.05, 0.1) is 18.2 Å². The van der Waals surface area contributed by atoms with E-state index in [2.05, 4.69) is 18.8 Å². The number of aryl methyl sites for hydroxylation is 1. The number of carbonyl (C=O) groups excluding carboxylic acids is 2. The third-order valence-corrected chi connectivity index (χ3v) is 6.37. The van der Waals surface area contributed by atoms with Gasteiger partial charge < -0.3 is 14.7 Å². The standard InChI is InChI=1S/C26H26N2O4S/c1-16(2)15-32-20-9-8-19(12-17(20)3)24(29)22-23(21-7-5-11-33-21)28(26(31)25(22)30)14-18-6-4-10-27-13-18/h4-13,16,23,29H,14-15H2,1-3H3/b24-22+/t23-/m1/s1. The van der Waals surface area contributed by atoms with Crippen LogP contribution in [0.15, 0.2) is 65.8 Å². The number of pyridine rings is 1. The van der Waals surface area contributed by atoms with Crippen LogP contribution in [0, 0.1) is 12.8 Å². The third kappa shape index (κ3) is 4.68. The van der Waals surface area contributed by atoms with Crippen molar-refractivity contribution in [2.24, 2.45) is 5.92 Å². The predicted octanol–water partition coefficient (Wildman–Crippen LogP) is 5.11. The Morgan fingerprint density at radius 1 is 1.21 bits per heavy atom. The molecule has 1 aliphatic rings. The first-order chi connectivity index (χ1) is 15.9. The zero-order valence-corrected chi connectivity index (χ0v) is 19.6. The van der Waals surface area contributed by atoms with Crippen molar-refractivity contribution in [2.75, 3.05) is 6.61 Å². The number of rotatable bonds is 7. The van der Waals surface area contributed by atoms with Crippen LogP contribution in [0.2, 0.25) is 0 Å². The van der Waals surface area contributed by atoms with E-state index in [1.165, 1.54) is 16.2 Å². The van der Waals surface area contributed by atoms with Gasteiger partial charge in [-0.05, 0) is 59.7 Å². The number of thiophene rings is 1. The van der Waals surface area contributed by atoms with Gasteiger partial charge in [-0.25, -0.2) is 0 Å². The van der Waals surface area contributed by atoms with E-state index in [0.29, 0.717) is 18.1 Å². The number of nitrogens with zero attached hydrogens (tertiary/aromatic N) is 2. The molecule has 1 amide bonds. The van der Waals surface area contributed by atoms with Crippen LogP contribution >= 0.6 is 11.3 Å². The van der Waals surface area contributed by atoms with Crippen LogP contribution in [0.25, 0.3) is 5.76 Å². The Morgan fingerprint density at radius 2 is 2.03 bits per heavy atom. The lowest BCUT2D eigenvalue weighted by atomic mass is 9.98. The first-order valence-corrected chi connectivity index (χ1v) is 11.7. The van der Waals surface area contributed by atoms with Crippen LogP contribution in [0.5, 0.6) is 5.75 Å². The van der Waals surface area contributed by atoms with Crippen molar-refractivity contribution in [1.29, 1.82) is 0 Å². The molecule has 4 rings (SSSR count). The maximum atomic E-state index is 13.1. The molecule has 1 fully saturated rings. The Bertz CT molecular complexity index is 1190. The molecule has 0 aliphatic carbocycles. The lowest BCUT2D eigenvalue weighted by Crippen LogP contribution is -2.28. The van der Waals surface area contributed by atoms with Crippen LogP contribution in [-0.2, 0) is 16.1 Å². The molecule has 3 aromatic rings. The normalized spacial score (nSPS) is 17.7. The molecule has 1 saturated heterocycles. The number of hydrogen-bond acceptors (Lipinski definition) is 6. The fourth-order valence-corrected chi connectivity index (χ4v) is 4.69. The number of likely N-dealkylation sites (tertiary alicyclic amines) is 1. The van der Waals surface area contributed by atoms with Gasteiger partial charge in [0.15, 0.2) is 0 Å². The van der Waals surface area contributed by atoms with Gasteiger partial charge in [-0.2, -0.15) is 0 Å². The summed E-state index contributed by atoms with van der Waals surface area (Å²) in [6, 6.07) is 12.0. The van der Waals surface area contributed by atoms with E-state index in [1.54, 1.807) is 36.7 Å². The maximum absolute atomic E-state index is 13.1. The molecule has 1 aromatic carbocycles. The average molecular weight is 463 g/mol. The molecule has 33 heavy (non-hydrogen) atoms. The number of ether oxygens (including phenoxy) is 1. The number of amides is 1. The molecular formula is C26H26N2O4S.